The van der Waals surface area contributed by atoms with Crippen molar-refractivity contribution >= 4 is 35.4 Å². The van der Waals surface area contributed by atoms with Crippen LogP contribution in [0.2, 0.25) is 10.2 Å². The number of hydrogen-bond acceptors (Lipinski definition) is 3. The minimum atomic E-state index is 0.117. The lowest BCUT2D eigenvalue weighted by Gasteiger charge is -1.99. The number of amides is 1. The van der Waals surface area contributed by atoms with Crippen molar-refractivity contribution < 1.29 is 4.79 Å². The summed E-state index contributed by atoms with van der Waals surface area (Å²) in [6.07, 6.45) is 1.67. The van der Waals surface area contributed by atoms with Crippen molar-refractivity contribution in [3.63, 3.8) is 0 Å². The van der Waals surface area contributed by atoms with Crippen LogP contribution >= 0.6 is 23.2 Å². The fourth-order valence-electron chi connectivity index (χ4n) is 0.505. The van der Waals surface area contributed by atoms with Gasteiger partial charge in [0.2, 0.25) is 6.41 Å². The highest BCUT2D eigenvalue weighted by Gasteiger charge is 2.04. The summed E-state index contributed by atoms with van der Waals surface area (Å²) in [7, 11) is 0. The number of rotatable bonds is 2. The van der Waals surface area contributed by atoms with E-state index >= 15 is 0 Å². The fourth-order valence-corrected chi connectivity index (χ4v) is 0.790. The zero-order valence-electron chi connectivity index (χ0n) is 5.21. The highest BCUT2D eigenvalue weighted by atomic mass is 35.5. The zero-order chi connectivity index (χ0) is 8.27. The van der Waals surface area contributed by atoms with Crippen molar-refractivity contribution in [2.45, 2.75) is 0 Å². The van der Waals surface area contributed by atoms with Crippen LogP contribution in [0.3, 0.4) is 0 Å². The van der Waals surface area contributed by atoms with Crippen LogP contribution in [0.25, 0.3) is 0 Å². The molecule has 0 spiro atoms. The third-order valence-electron chi connectivity index (χ3n) is 0.943. The molecule has 0 saturated heterocycles. The van der Waals surface area contributed by atoms with Crippen molar-refractivity contribution in [1.29, 1.82) is 0 Å². The van der Waals surface area contributed by atoms with E-state index in [1.807, 2.05) is 0 Å². The molecule has 0 aliphatic rings. The molecule has 1 aromatic rings. The van der Waals surface area contributed by atoms with Gasteiger partial charge in [0.05, 0.1) is 0 Å². The largest absolute Gasteiger partial charge is 0.312 e. The van der Waals surface area contributed by atoms with Gasteiger partial charge in [0, 0.05) is 0 Å². The van der Waals surface area contributed by atoms with Gasteiger partial charge in [0.25, 0.3) is 0 Å². The Labute approximate surface area is 72.6 Å². The lowest BCUT2D eigenvalue weighted by molar-refractivity contribution is -0.105. The molecule has 0 radical (unpaired) electrons. The third kappa shape index (κ3) is 1.78. The monoisotopic (exact) mass is 191 g/mol. The first kappa shape index (κ1) is 8.23. The van der Waals surface area contributed by atoms with Gasteiger partial charge < -0.3 is 5.32 Å². The van der Waals surface area contributed by atoms with Gasteiger partial charge in [-0.2, -0.15) is 0 Å². The Bertz CT molecular complexity index is 278. The van der Waals surface area contributed by atoms with E-state index in [1.165, 1.54) is 6.33 Å². The van der Waals surface area contributed by atoms with Crippen LogP contribution < -0.4 is 5.32 Å². The first-order chi connectivity index (χ1) is 5.25. The Morgan fingerprint density at radius 3 is 2.82 bits per heavy atom. The van der Waals surface area contributed by atoms with Crippen LogP contribution in [0.1, 0.15) is 0 Å². The fraction of sp³-hybridized carbons (Fsp3) is 0. The van der Waals surface area contributed by atoms with Gasteiger partial charge in [-0.1, -0.05) is 23.2 Å². The number of carbonyl (C=O) groups is 1. The molecule has 0 aliphatic carbocycles. The number of nitrogens with one attached hydrogen (secondary N) is 1. The summed E-state index contributed by atoms with van der Waals surface area (Å²) in [5.41, 5.74) is 0. The van der Waals surface area contributed by atoms with E-state index in [9.17, 15) is 4.79 Å². The lowest BCUT2D eigenvalue weighted by atomic mass is 10.6. The molecule has 1 amide bonds. The Morgan fingerprint density at radius 2 is 2.18 bits per heavy atom. The average Bonchev–Trinajstić information content (AvgIpc) is 1.99. The molecule has 58 valence electrons. The highest BCUT2D eigenvalue weighted by molar-refractivity contribution is 6.42. The van der Waals surface area contributed by atoms with E-state index in [2.05, 4.69) is 15.3 Å². The molecule has 1 N–H and O–H groups in total. The maximum Gasteiger partial charge on any atom is 0.212 e. The van der Waals surface area contributed by atoms with E-state index in [0.29, 0.717) is 6.41 Å². The molecule has 0 bridgehead atoms. The first-order valence-corrected chi connectivity index (χ1v) is 3.37. The maximum absolute atomic E-state index is 9.96. The van der Waals surface area contributed by atoms with Crippen LogP contribution in [-0.2, 0) is 4.79 Å². The Hall–Kier alpha value is -0.870. The van der Waals surface area contributed by atoms with Crippen molar-refractivity contribution in [2.24, 2.45) is 0 Å². The van der Waals surface area contributed by atoms with Crippen molar-refractivity contribution in [1.82, 2.24) is 9.97 Å². The number of nitrogens with zero attached hydrogens (tertiary/aromatic N) is 2. The van der Waals surface area contributed by atoms with E-state index in [-0.39, 0.29) is 16.0 Å². The second-order valence-electron chi connectivity index (χ2n) is 1.59. The summed E-state index contributed by atoms with van der Waals surface area (Å²) in [6, 6.07) is 0. The Kier molecular flexibility index (Phi) is 2.62. The lowest BCUT2D eigenvalue weighted by Crippen LogP contribution is -1.98. The normalized spacial score (nSPS) is 9.27. The number of halogens is 2. The van der Waals surface area contributed by atoms with Crippen molar-refractivity contribution in [3.8, 4) is 0 Å². The van der Waals surface area contributed by atoms with E-state index in [4.69, 9.17) is 23.2 Å². The molecule has 0 aromatic carbocycles. The van der Waals surface area contributed by atoms with Gasteiger partial charge in [-0.15, -0.1) is 0 Å². The molecular weight excluding hydrogens is 189 g/mol. The molecule has 4 nitrogen and oxygen atoms in total. The predicted octanol–water partition coefficient (Wildman–Crippen LogP) is 1.35. The Morgan fingerprint density at radius 1 is 1.45 bits per heavy atom. The third-order valence-corrected chi connectivity index (χ3v) is 1.68. The molecule has 1 rings (SSSR count). The van der Waals surface area contributed by atoms with E-state index in [0.717, 1.165) is 0 Å². The standard InChI is InChI=1S/C5H3Cl2N3O/c6-3-4(7)8-1-9-5(3)10-2-11/h1-2H,(H,8,9,10,11). The molecule has 1 heterocycles. The smallest absolute Gasteiger partial charge is 0.212 e. The maximum atomic E-state index is 9.96. The Balaban J connectivity index is 3.05. The average molecular weight is 192 g/mol. The molecule has 0 atom stereocenters. The molecule has 6 heteroatoms. The van der Waals surface area contributed by atoms with E-state index < -0.39 is 0 Å². The van der Waals surface area contributed by atoms with E-state index in [1.54, 1.807) is 0 Å². The molecule has 0 unspecified atom stereocenters. The van der Waals surface area contributed by atoms with Gasteiger partial charge in [-0.05, 0) is 0 Å². The predicted molar refractivity (Wildman–Crippen MR) is 41.7 cm³/mol. The summed E-state index contributed by atoms with van der Waals surface area (Å²) in [5, 5.41) is 2.53. The molecule has 11 heavy (non-hydrogen) atoms. The quantitative estimate of drug-likeness (QED) is 0.568. The summed E-state index contributed by atoms with van der Waals surface area (Å²) in [4.78, 5) is 17.2. The highest BCUT2D eigenvalue weighted by Crippen LogP contribution is 2.24. The molecule has 0 fully saturated rings. The van der Waals surface area contributed by atoms with Crippen LogP contribution in [0.15, 0.2) is 6.33 Å². The second-order valence-corrected chi connectivity index (χ2v) is 2.33. The molecule has 0 aliphatic heterocycles. The number of carbonyl (C=O) groups excluding carboxylic acids is 1. The first-order valence-electron chi connectivity index (χ1n) is 2.62. The van der Waals surface area contributed by atoms with Gasteiger partial charge in [0.1, 0.15) is 11.3 Å². The number of anilines is 1. The van der Waals surface area contributed by atoms with Gasteiger partial charge >= 0.3 is 0 Å². The second kappa shape index (κ2) is 3.50. The van der Waals surface area contributed by atoms with Crippen LogP contribution in [-0.4, -0.2) is 16.4 Å². The topological polar surface area (TPSA) is 54.9 Å². The van der Waals surface area contributed by atoms with Crippen LogP contribution in [0.4, 0.5) is 5.82 Å². The zero-order valence-corrected chi connectivity index (χ0v) is 6.73. The molecule has 0 saturated carbocycles. The SMILES string of the molecule is O=CNc1ncnc(Cl)c1Cl. The van der Waals surface area contributed by atoms with Crippen molar-refractivity contribution in [3.05, 3.63) is 16.5 Å². The number of hydrogen-bond donors (Lipinski definition) is 1. The minimum Gasteiger partial charge on any atom is -0.312 e. The van der Waals surface area contributed by atoms with Gasteiger partial charge in [-0.25, -0.2) is 9.97 Å². The summed E-state index contributed by atoms with van der Waals surface area (Å²) >= 11 is 11.1. The summed E-state index contributed by atoms with van der Waals surface area (Å²) in [6.45, 7) is 0. The minimum absolute atomic E-state index is 0.117. The van der Waals surface area contributed by atoms with Crippen LogP contribution in [0, 0.1) is 0 Å². The number of aromatic nitrogens is 2. The van der Waals surface area contributed by atoms with Gasteiger partial charge in [-0.3, -0.25) is 4.79 Å². The molecular formula is C5H3Cl2N3O. The molecule has 1 aromatic heterocycles. The van der Waals surface area contributed by atoms with Crippen LogP contribution in [0.5, 0.6) is 0 Å². The summed E-state index contributed by atoms with van der Waals surface area (Å²) < 4.78 is 0. The van der Waals surface area contributed by atoms with Gasteiger partial charge in [0.15, 0.2) is 11.0 Å². The summed E-state index contributed by atoms with van der Waals surface area (Å²) in [5.74, 6) is 0.210. The van der Waals surface area contributed by atoms with Crippen molar-refractivity contribution in [2.75, 3.05) is 5.32 Å².